The highest BCUT2D eigenvalue weighted by Crippen LogP contribution is 2.33. The van der Waals surface area contributed by atoms with Crippen molar-refractivity contribution in [2.75, 3.05) is 13.1 Å². The van der Waals surface area contributed by atoms with Crippen LogP contribution in [0.1, 0.15) is 36.0 Å². The molecule has 5 nitrogen and oxygen atoms in total. The smallest absolute Gasteiger partial charge is 0.258 e. The van der Waals surface area contributed by atoms with Gasteiger partial charge in [0.25, 0.3) is 5.91 Å². The van der Waals surface area contributed by atoms with Crippen LogP contribution in [0.2, 0.25) is 0 Å². The number of amides is 1. The summed E-state index contributed by atoms with van der Waals surface area (Å²) < 4.78 is 0. The number of aromatic hydroxyl groups is 2. The molecule has 3 N–H and O–H groups in total. The maximum absolute atomic E-state index is 12.6. The first kappa shape index (κ1) is 13.2. The van der Waals surface area contributed by atoms with Gasteiger partial charge in [0.1, 0.15) is 0 Å². The molecule has 1 saturated carbocycles. The first-order chi connectivity index (χ1) is 9.66. The first-order valence-electron chi connectivity index (χ1n) is 7.22. The van der Waals surface area contributed by atoms with Crippen LogP contribution >= 0.6 is 0 Å². The average molecular weight is 276 g/mol. The molecule has 1 amide bonds. The fourth-order valence-corrected chi connectivity index (χ4v) is 2.79. The average Bonchev–Trinajstić information content (AvgIpc) is 3.15. The van der Waals surface area contributed by atoms with Crippen molar-refractivity contribution in [3.05, 3.63) is 23.8 Å². The molecular weight excluding hydrogens is 256 g/mol. The number of rotatable bonds is 4. The minimum Gasteiger partial charge on any atom is -0.504 e. The van der Waals surface area contributed by atoms with Crippen LogP contribution in [0.5, 0.6) is 11.5 Å². The van der Waals surface area contributed by atoms with Crippen LogP contribution < -0.4 is 5.32 Å². The summed E-state index contributed by atoms with van der Waals surface area (Å²) in [5.74, 6) is -0.747. The third-order valence-electron chi connectivity index (χ3n) is 4.07. The highest BCUT2D eigenvalue weighted by atomic mass is 16.3. The van der Waals surface area contributed by atoms with Gasteiger partial charge >= 0.3 is 0 Å². The lowest BCUT2D eigenvalue weighted by Crippen LogP contribution is -2.42. The zero-order valence-corrected chi connectivity index (χ0v) is 11.4. The molecule has 3 rings (SSSR count). The Hall–Kier alpha value is -1.75. The molecule has 1 aliphatic carbocycles. The molecule has 0 aromatic heterocycles. The standard InChI is InChI=1S/C15H20N2O3/c18-13-5-1-4-12(14(13)19)15(20)17(11-6-7-11)9-10-3-2-8-16-10/h1,4-5,10-11,16,18-19H,2-3,6-9H2. The van der Waals surface area contributed by atoms with Crippen molar-refractivity contribution in [2.45, 2.75) is 37.8 Å². The van der Waals surface area contributed by atoms with E-state index in [4.69, 9.17) is 0 Å². The highest BCUT2D eigenvalue weighted by Gasteiger charge is 2.36. The molecule has 108 valence electrons. The predicted molar refractivity (Wildman–Crippen MR) is 74.9 cm³/mol. The molecule has 1 atom stereocenters. The van der Waals surface area contributed by atoms with E-state index < -0.39 is 0 Å². The molecule has 0 radical (unpaired) electrons. The van der Waals surface area contributed by atoms with Gasteiger partial charge in [0.05, 0.1) is 5.56 Å². The number of phenolic OH excluding ortho intramolecular Hbond substituents is 2. The fraction of sp³-hybridized carbons (Fsp3) is 0.533. The van der Waals surface area contributed by atoms with E-state index in [1.807, 2.05) is 4.90 Å². The lowest BCUT2D eigenvalue weighted by Gasteiger charge is -2.26. The summed E-state index contributed by atoms with van der Waals surface area (Å²) in [6.07, 6.45) is 4.29. The van der Waals surface area contributed by atoms with Crippen molar-refractivity contribution in [2.24, 2.45) is 0 Å². The number of carbonyl (C=O) groups is 1. The molecule has 0 spiro atoms. The third-order valence-corrected chi connectivity index (χ3v) is 4.07. The van der Waals surface area contributed by atoms with Crippen LogP contribution in [0, 0.1) is 0 Å². The van der Waals surface area contributed by atoms with Gasteiger partial charge in [0, 0.05) is 18.6 Å². The number of hydrogen-bond donors (Lipinski definition) is 3. The van der Waals surface area contributed by atoms with Gasteiger partial charge in [-0.1, -0.05) is 6.07 Å². The van der Waals surface area contributed by atoms with Crippen LogP contribution in [0.15, 0.2) is 18.2 Å². The highest BCUT2D eigenvalue weighted by molar-refractivity contribution is 5.98. The van der Waals surface area contributed by atoms with Crippen LogP contribution in [0.3, 0.4) is 0 Å². The first-order valence-corrected chi connectivity index (χ1v) is 7.22. The van der Waals surface area contributed by atoms with E-state index >= 15 is 0 Å². The Balaban J connectivity index is 1.79. The number of carbonyl (C=O) groups excluding carboxylic acids is 1. The monoisotopic (exact) mass is 276 g/mol. The Morgan fingerprint density at radius 2 is 2.10 bits per heavy atom. The van der Waals surface area contributed by atoms with Crippen molar-refractivity contribution in [3.63, 3.8) is 0 Å². The van der Waals surface area contributed by atoms with E-state index in [1.54, 1.807) is 12.1 Å². The quantitative estimate of drug-likeness (QED) is 0.728. The largest absolute Gasteiger partial charge is 0.504 e. The second-order valence-electron chi connectivity index (χ2n) is 5.66. The second-order valence-corrected chi connectivity index (χ2v) is 5.66. The van der Waals surface area contributed by atoms with Crippen LogP contribution in [-0.4, -0.2) is 46.2 Å². The molecule has 5 heteroatoms. The van der Waals surface area contributed by atoms with Gasteiger partial charge in [0.15, 0.2) is 11.5 Å². The maximum atomic E-state index is 12.6. The third kappa shape index (κ3) is 2.58. The van der Waals surface area contributed by atoms with E-state index in [1.165, 1.54) is 6.07 Å². The van der Waals surface area contributed by atoms with E-state index in [-0.39, 0.29) is 29.0 Å². The molecule has 1 unspecified atom stereocenters. The van der Waals surface area contributed by atoms with Gasteiger partial charge < -0.3 is 20.4 Å². The number of nitrogens with zero attached hydrogens (tertiary/aromatic N) is 1. The fourth-order valence-electron chi connectivity index (χ4n) is 2.79. The van der Waals surface area contributed by atoms with Gasteiger partial charge in [-0.25, -0.2) is 0 Å². The van der Waals surface area contributed by atoms with Gasteiger partial charge in [-0.2, -0.15) is 0 Å². The Labute approximate surface area is 118 Å². The van der Waals surface area contributed by atoms with Gasteiger partial charge in [0.2, 0.25) is 0 Å². The molecule has 1 aromatic carbocycles. The SMILES string of the molecule is O=C(c1cccc(O)c1O)N(CC1CCCN1)C1CC1. The number of para-hydroxylation sites is 1. The molecule has 2 aliphatic rings. The van der Waals surface area contributed by atoms with E-state index in [2.05, 4.69) is 5.32 Å². The van der Waals surface area contributed by atoms with Crippen LogP contribution in [0.25, 0.3) is 0 Å². The van der Waals surface area contributed by atoms with Crippen molar-refractivity contribution in [1.29, 1.82) is 0 Å². The number of benzene rings is 1. The molecule has 20 heavy (non-hydrogen) atoms. The lowest BCUT2D eigenvalue weighted by atomic mass is 10.1. The zero-order chi connectivity index (χ0) is 14.1. The van der Waals surface area contributed by atoms with Crippen LogP contribution in [-0.2, 0) is 0 Å². The summed E-state index contributed by atoms with van der Waals surface area (Å²) in [5, 5.41) is 22.8. The predicted octanol–water partition coefficient (Wildman–Crippen LogP) is 1.45. The Morgan fingerprint density at radius 1 is 1.30 bits per heavy atom. The second kappa shape index (κ2) is 5.32. The van der Waals surface area contributed by atoms with E-state index in [9.17, 15) is 15.0 Å². The Bertz CT molecular complexity index is 508. The van der Waals surface area contributed by atoms with Crippen molar-refractivity contribution < 1.29 is 15.0 Å². The van der Waals surface area contributed by atoms with Crippen molar-refractivity contribution in [1.82, 2.24) is 10.2 Å². The molecule has 1 saturated heterocycles. The van der Waals surface area contributed by atoms with Gasteiger partial charge in [-0.15, -0.1) is 0 Å². The Morgan fingerprint density at radius 3 is 2.75 bits per heavy atom. The number of phenols is 2. The minimum absolute atomic E-state index is 0.186. The van der Waals surface area contributed by atoms with Gasteiger partial charge in [-0.3, -0.25) is 4.79 Å². The number of nitrogens with one attached hydrogen (secondary N) is 1. The maximum Gasteiger partial charge on any atom is 0.258 e. The molecule has 1 aliphatic heterocycles. The lowest BCUT2D eigenvalue weighted by molar-refractivity contribution is 0.0725. The van der Waals surface area contributed by atoms with Crippen molar-refractivity contribution in [3.8, 4) is 11.5 Å². The summed E-state index contributed by atoms with van der Waals surface area (Å²) in [6.45, 7) is 1.69. The summed E-state index contributed by atoms with van der Waals surface area (Å²) >= 11 is 0. The van der Waals surface area contributed by atoms with E-state index in [0.717, 1.165) is 32.2 Å². The van der Waals surface area contributed by atoms with E-state index in [0.29, 0.717) is 12.6 Å². The number of hydrogen-bond acceptors (Lipinski definition) is 4. The van der Waals surface area contributed by atoms with Gasteiger partial charge in [-0.05, 0) is 44.4 Å². The van der Waals surface area contributed by atoms with Crippen molar-refractivity contribution >= 4 is 5.91 Å². The molecule has 1 heterocycles. The summed E-state index contributed by atoms with van der Waals surface area (Å²) in [7, 11) is 0. The Kier molecular flexibility index (Phi) is 3.53. The molecule has 2 fully saturated rings. The topological polar surface area (TPSA) is 72.8 Å². The molecular formula is C15H20N2O3. The summed E-state index contributed by atoms with van der Waals surface area (Å²) in [6, 6.07) is 5.16. The molecule has 0 bridgehead atoms. The van der Waals surface area contributed by atoms with Crippen LogP contribution in [0.4, 0.5) is 0 Å². The normalized spacial score (nSPS) is 21.9. The summed E-state index contributed by atoms with van der Waals surface area (Å²) in [4.78, 5) is 14.5. The summed E-state index contributed by atoms with van der Waals surface area (Å²) in [5.41, 5.74) is 0.190. The zero-order valence-electron chi connectivity index (χ0n) is 11.4. The molecule has 1 aromatic rings. The minimum atomic E-state index is -0.317.